The average molecular weight is 241 g/mol. The Balaban J connectivity index is 2.07. The van der Waals surface area contributed by atoms with Crippen LogP contribution in [-0.4, -0.2) is 44.7 Å². The van der Waals surface area contributed by atoms with Gasteiger partial charge in [-0.15, -0.1) is 0 Å². The lowest BCUT2D eigenvalue weighted by molar-refractivity contribution is 0.199. The number of nitrogens with two attached hydrogens (primary N) is 1. The highest BCUT2D eigenvalue weighted by atomic mass is 15.1. The second-order valence-corrected chi connectivity index (χ2v) is 6.44. The van der Waals surface area contributed by atoms with Crippen LogP contribution in [-0.2, 0) is 0 Å². The standard InChI is InChI=1S/C14H31N3/c1-14(2,7-8-15)12-16-9-6-13-5-4-10-17(3)11-13/h13,16H,4-12,15H2,1-3H3. The Hall–Kier alpha value is -0.120. The van der Waals surface area contributed by atoms with Crippen molar-refractivity contribution in [2.24, 2.45) is 17.1 Å². The largest absolute Gasteiger partial charge is 0.330 e. The second kappa shape index (κ2) is 7.34. The molecule has 102 valence electrons. The third-order valence-electron chi connectivity index (χ3n) is 3.88. The molecule has 1 atom stereocenters. The highest BCUT2D eigenvalue weighted by Gasteiger charge is 2.18. The molecule has 0 bridgehead atoms. The predicted octanol–water partition coefficient (Wildman–Crippen LogP) is 1.68. The maximum atomic E-state index is 5.62. The number of piperidine rings is 1. The first-order valence-electron chi connectivity index (χ1n) is 7.13. The summed E-state index contributed by atoms with van der Waals surface area (Å²) < 4.78 is 0. The van der Waals surface area contributed by atoms with Crippen LogP contribution < -0.4 is 11.1 Å². The number of likely N-dealkylation sites (tertiary alicyclic amines) is 1. The van der Waals surface area contributed by atoms with E-state index in [9.17, 15) is 0 Å². The van der Waals surface area contributed by atoms with Gasteiger partial charge in [0, 0.05) is 13.1 Å². The molecule has 0 saturated carbocycles. The van der Waals surface area contributed by atoms with Crippen LogP contribution in [0.1, 0.15) is 39.5 Å². The molecule has 0 spiro atoms. The van der Waals surface area contributed by atoms with Crippen molar-refractivity contribution in [3.63, 3.8) is 0 Å². The van der Waals surface area contributed by atoms with Crippen molar-refractivity contribution in [1.82, 2.24) is 10.2 Å². The highest BCUT2D eigenvalue weighted by Crippen LogP contribution is 2.19. The minimum absolute atomic E-state index is 0.345. The molecule has 0 aromatic carbocycles. The second-order valence-electron chi connectivity index (χ2n) is 6.44. The lowest BCUT2D eigenvalue weighted by Gasteiger charge is -2.30. The fourth-order valence-electron chi connectivity index (χ4n) is 2.72. The molecule has 1 heterocycles. The molecule has 0 aromatic heterocycles. The molecule has 3 nitrogen and oxygen atoms in total. The molecule has 1 aliphatic heterocycles. The SMILES string of the molecule is CN1CCCC(CCNCC(C)(C)CCN)C1. The molecule has 1 aliphatic rings. The van der Waals surface area contributed by atoms with Crippen molar-refractivity contribution < 1.29 is 0 Å². The summed E-state index contributed by atoms with van der Waals surface area (Å²) in [6.45, 7) is 10.2. The molecule has 17 heavy (non-hydrogen) atoms. The first kappa shape index (κ1) is 14.9. The summed E-state index contributed by atoms with van der Waals surface area (Å²) in [4.78, 5) is 2.46. The van der Waals surface area contributed by atoms with Crippen molar-refractivity contribution in [1.29, 1.82) is 0 Å². The fraction of sp³-hybridized carbons (Fsp3) is 1.00. The van der Waals surface area contributed by atoms with Gasteiger partial charge in [0.05, 0.1) is 0 Å². The molecule has 1 saturated heterocycles. The lowest BCUT2D eigenvalue weighted by atomic mass is 9.89. The van der Waals surface area contributed by atoms with E-state index in [1.807, 2.05) is 0 Å². The molecular formula is C14H31N3. The van der Waals surface area contributed by atoms with Gasteiger partial charge in [0.15, 0.2) is 0 Å². The Morgan fingerprint density at radius 2 is 2.18 bits per heavy atom. The van der Waals surface area contributed by atoms with E-state index >= 15 is 0 Å². The first-order valence-corrected chi connectivity index (χ1v) is 7.13. The predicted molar refractivity (Wildman–Crippen MR) is 75.2 cm³/mol. The minimum Gasteiger partial charge on any atom is -0.330 e. The molecule has 1 rings (SSSR count). The molecule has 1 fully saturated rings. The van der Waals surface area contributed by atoms with Crippen molar-refractivity contribution >= 4 is 0 Å². The molecule has 0 aliphatic carbocycles. The number of hydrogen-bond acceptors (Lipinski definition) is 3. The minimum atomic E-state index is 0.345. The number of hydrogen-bond donors (Lipinski definition) is 2. The van der Waals surface area contributed by atoms with Gasteiger partial charge >= 0.3 is 0 Å². The van der Waals surface area contributed by atoms with Crippen LogP contribution >= 0.6 is 0 Å². The average Bonchev–Trinajstić information content (AvgIpc) is 2.24. The van der Waals surface area contributed by atoms with Crippen molar-refractivity contribution in [2.75, 3.05) is 39.8 Å². The van der Waals surface area contributed by atoms with Gasteiger partial charge in [0.25, 0.3) is 0 Å². The summed E-state index contributed by atoms with van der Waals surface area (Å²) >= 11 is 0. The normalized spacial score (nSPS) is 22.9. The van der Waals surface area contributed by atoms with E-state index in [2.05, 4.69) is 31.1 Å². The van der Waals surface area contributed by atoms with Gasteiger partial charge < -0.3 is 16.0 Å². The van der Waals surface area contributed by atoms with Crippen LogP contribution in [0.3, 0.4) is 0 Å². The molecule has 3 N–H and O–H groups in total. The van der Waals surface area contributed by atoms with E-state index in [0.29, 0.717) is 5.41 Å². The van der Waals surface area contributed by atoms with Crippen molar-refractivity contribution in [3.05, 3.63) is 0 Å². The van der Waals surface area contributed by atoms with Crippen LogP contribution in [0.4, 0.5) is 0 Å². The Labute approximate surface area is 107 Å². The number of nitrogens with one attached hydrogen (secondary N) is 1. The summed E-state index contributed by atoms with van der Waals surface area (Å²) in [5.41, 5.74) is 5.96. The highest BCUT2D eigenvalue weighted by molar-refractivity contribution is 4.74. The summed E-state index contributed by atoms with van der Waals surface area (Å²) in [6, 6.07) is 0. The lowest BCUT2D eigenvalue weighted by Crippen LogP contribution is -2.36. The molecular weight excluding hydrogens is 210 g/mol. The zero-order valence-electron chi connectivity index (χ0n) is 12.0. The third-order valence-corrected chi connectivity index (χ3v) is 3.88. The zero-order valence-corrected chi connectivity index (χ0v) is 12.0. The van der Waals surface area contributed by atoms with E-state index in [-0.39, 0.29) is 0 Å². The molecule has 0 amide bonds. The van der Waals surface area contributed by atoms with Crippen LogP contribution in [0.15, 0.2) is 0 Å². The number of nitrogens with zero attached hydrogens (tertiary/aromatic N) is 1. The summed E-state index contributed by atoms with van der Waals surface area (Å²) in [5, 5.41) is 3.60. The Morgan fingerprint density at radius 1 is 1.41 bits per heavy atom. The van der Waals surface area contributed by atoms with Crippen LogP contribution in [0.5, 0.6) is 0 Å². The summed E-state index contributed by atoms with van der Waals surface area (Å²) in [5.74, 6) is 0.902. The van der Waals surface area contributed by atoms with Crippen molar-refractivity contribution in [3.8, 4) is 0 Å². The monoisotopic (exact) mass is 241 g/mol. The maximum absolute atomic E-state index is 5.62. The van der Waals surface area contributed by atoms with E-state index in [0.717, 1.165) is 32.0 Å². The van der Waals surface area contributed by atoms with E-state index < -0.39 is 0 Å². The topological polar surface area (TPSA) is 41.3 Å². The Bertz CT molecular complexity index is 204. The van der Waals surface area contributed by atoms with E-state index in [1.165, 1.54) is 32.4 Å². The van der Waals surface area contributed by atoms with Crippen LogP contribution in [0, 0.1) is 11.3 Å². The maximum Gasteiger partial charge on any atom is 0.000709 e. The zero-order chi connectivity index (χ0) is 12.7. The molecule has 1 unspecified atom stereocenters. The van der Waals surface area contributed by atoms with Gasteiger partial charge in [0.1, 0.15) is 0 Å². The molecule has 3 heteroatoms. The van der Waals surface area contributed by atoms with Crippen molar-refractivity contribution in [2.45, 2.75) is 39.5 Å². The van der Waals surface area contributed by atoms with E-state index in [4.69, 9.17) is 5.73 Å². The van der Waals surface area contributed by atoms with E-state index in [1.54, 1.807) is 0 Å². The Kier molecular flexibility index (Phi) is 6.45. The molecule has 0 radical (unpaired) electrons. The quantitative estimate of drug-likeness (QED) is 0.666. The van der Waals surface area contributed by atoms with Gasteiger partial charge in [0.2, 0.25) is 0 Å². The molecule has 0 aromatic rings. The van der Waals surface area contributed by atoms with Gasteiger partial charge in [-0.25, -0.2) is 0 Å². The van der Waals surface area contributed by atoms with Gasteiger partial charge in [-0.1, -0.05) is 13.8 Å². The van der Waals surface area contributed by atoms with Crippen LogP contribution in [0.25, 0.3) is 0 Å². The Morgan fingerprint density at radius 3 is 2.82 bits per heavy atom. The fourth-order valence-corrected chi connectivity index (χ4v) is 2.72. The third kappa shape index (κ3) is 6.39. The van der Waals surface area contributed by atoms with Crippen LogP contribution in [0.2, 0.25) is 0 Å². The summed E-state index contributed by atoms with van der Waals surface area (Å²) in [7, 11) is 2.24. The van der Waals surface area contributed by atoms with Gasteiger partial charge in [-0.05, 0) is 63.7 Å². The van der Waals surface area contributed by atoms with Gasteiger partial charge in [-0.2, -0.15) is 0 Å². The smallest absolute Gasteiger partial charge is 0.000709 e. The summed E-state index contributed by atoms with van der Waals surface area (Å²) in [6.07, 6.45) is 5.22. The number of rotatable bonds is 7. The first-order chi connectivity index (χ1) is 8.03. The van der Waals surface area contributed by atoms with Gasteiger partial charge in [-0.3, -0.25) is 0 Å².